The minimum Gasteiger partial charge on any atom is -0.405 e. The second-order valence-electron chi connectivity index (χ2n) is 10.8. The number of nitrogens with two attached hydrogens (primary N) is 2. The van der Waals surface area contributed by atoms with Gasteiger partial charge in [0.05, 0.1) is 11.4 Å². The molecule has 5 aromatic rings. The van der Waals surface area contributed by atoms with Gasteiger partial charge in [-0.15, -0.1) is 0 Å². The molecule has 0 saturated heterocycles. The Bertz CT molecular complexity index is 1960. The lowest BCUT2D eigenvalue weighted by molar-refractivity contribution is 1.05. The first kappa shape index (κ1) is 28.6. The van der Waals surface area contributed by atoms with Gasteiger partial charge in [0, 0.05) is 24.2 Å². The molecule has 3 aromatic carbocycles. The summed E-state index contributed by atoms with van der Waals surface area (Å²) in [5.41, 5.74) is 20.5. The van der Waals surface area contributed by atoms with Crippen LogP contribution in [0.4, 0.5) is 0 Å². The first-order valence-corrected chi connectivity index (χ1v) is 15.1. The molecular formula is C40H36N4. The highest BCUT2D eigenvalue weighted by Gasteiger charge is 2.18. The van der Waals surface area contributed by atoms with E-state index in [0.29, 0.717) is 0 Å². The number of aromatic nitrogens is 2. The van der Waals surface area contributed by atoms with Crippen LogP contribution in [0, 0.1) is 0 Å². The SMILES string of the molecule is N/C=C\C=C/CC/C=C\C(=C/N)c1c2ccccc2c(-c2ccc(-c3ccccn3)nc2)c2ccc(C3=CC=CCC3)cc12. The minimum atomic E-state index is 0.853. The van der Waals surface area contributed by atoms with Crippen LogP contribution in [0.25, 0.3) is 55.2 Å². The predicted octanol–water partition coefficient (Wildman–Crippen LogP) is 9.51. The van der Waals surface area contributed by atoms with Gasteiger partial charge in [0.25, 0.3) is 0 Å². The normalized spacial score (nSPS) is 14.0. The van der Waals surface area contributed by atoms with Gasteiger partial charge in [-0.1, -0.05) is 91.1 Å². The third-order valence-electron chi connectivity index (χ3n) is 8.01. The largest absolute Gasteiger partial charge is 0.405 e. The number of hydrogen-bond donors (Lipinski definition) is 2. The molecule has 0 radical (unpaired) electrons. The molecular weight excluding hydrogens is 536 g/mol. The topological polar surface area (TPSA) is 77.8 Å². The lowest BCUT2D eigenvalue weighted by atomic mass is 9.84. The third kappa shape index (κ3) is 6.02. The average molecular weight is 573 g/mol. The zero-order chi connectivity index (χ0) is 30.1. The lowest BCUT2D eigenvalue weighted by Gasteiger charge is -2.19. The average Bonchev–Trinajstić information content (AvgIpc) is 3.09. The number of benzene rings is 3. The van der Waals surface area contributed by atoms with Crippen molar-refractivity contribution in [3.63, 3.8) is 0 Å². The molecule has 0 spiro atoms. The summed E-state index contributed by atoms with van der Waals surface area (Å²) in [6, 6.07) is 25.6. The molecule has 0 aliphatic heterocycles. The van der Waals surface area contributed by atoms with Gasteiger partial charge in [-0.05, 0) is 112 Å². The predicted molar refractivity (Wildman–Crippen MR) is 187 cm³/mol. The van der Waals surface area contributed by atoms with Gasteiger partial charge in [0.15, 0.2) is 0 Å². The quantitative estimate of drug-likeness (QED) is 0.105. The van der Waals surface area contributed by atoms with Crippen LogP contribution in [0.15, 0.2) is 146 Å². The van der Waals surface area contributed by atoms with Gasteiger partial charge >= 0.3 is 0 Å². The van der Waals surface area contributed by atoms with Gasteiger partial charge in [-0.3, -0.25) is 9.97 Å². The molecule has 2 aromatic heterocycles. The first-order chi connectivity index (χ1) is 21.8. The molecule has 4 nitrogen and oxygen atoms in total. The molecule has 1 aliphatic carbocycles. The van der Waals surface area contributed by atoms with E-state index in [2.05, 4.69) is 96.0 Å². The molecule has 44 heavy (non-hydrogen) atoms. The molecule has 0 fully saturated rings. The number of fused-ring (bicyclic) bond motifs is 2. The van der Waals surface area contributed by atoms with Crippen LogP contribution in [-0.2, 0) is 0 Å². The summed E-state index contributed by atoms with van der Waals surface area (Å²) in [4.78, 5) is 9.33. The van der Waals surface area contributed by atoms with Gasteiger partial charge in [-0.25, -0.2) is 0 Å². The van der Waals surface area contributed by atoms with Crippen molar-refractivity contribution in [2.45, 2.75) is 25.7 Å². The van der Waals surface area contributed by atoms with Crippen LogP contribution in [0.5, 0.6) is 0 Å². The van der Waals surface area contributed by atoms with E-state index in [1.54, 1.807) is 18.6 Å². The molecule has 0 amide bonds. The fourth-order valence-electron chi connectivity index (χ4n) is 5.91. The van der Waals surface area contributed by atoms with Crippen molar-refractivity contribution < 1.29 is 0 Å². The van der Waals surface area contributed by atoms with Crippen molar-refractivity contribution in [1.29, 1.82) is 0 Å². The number of pyridine rings is 2. The summed E-state index contributed by atoms with van der Waals surface area (Å²) >= 11 is 0. The highest BCUT2D eigenvalue weighted by molar-refractivity contribution is 6.19. The summed E-state index contributed by atoms with van der Waals surface area (Å²) < 4.78 is 0. The Hall–Kier alpha value is -5.48. The van der Waals surface area contributed by atoms with E-state index in [1.165, 1.54) is 32.9 Å². The standard InChI is InChI=1S/C40H36N4/c41-24-12-4-2-1-3-6-16-31(27-42)39-33-17-9-10-18-34(33)40(32-21-23-38(44-28-32)37-19-11-13-25-43-37)35-22-20-30(26-36(35)39)29-14-7-5-8-15-29/h2,4-7,9-14,16-28H,1,3,8,15,41-42H2/b4-2-,16-6-,24-12-,31-27+. The second kappa shape index (κ2) is 13.7. The number of nitrogens with zero attached hydrogens (tertiary/aromatic N) is 2. The molecule has 0 bridgehead atoms. The van der Waals surface area contributed by atoms with E-state index in [0.717, 1.165) is 59.2 Å². The Balaban J connectivity index is 1.53. The van der Waals surface area contributed by atoms with Crippen LogP contribution in [-0.4, -0.2) is 9.97 Å². The smallest absolute Gasteiger partial charge is 0.0886 e. The Morgan fingerprint density at radius 3 is 2.30 bits per heavy atom. The fourth-order valence-corrected chi connectivity index (χ4v) is 5.91. The Morgan fingerprint density at radius 1 is 0.750 bits per heavy atom. The van der Waals surface area contributed by atoms with Crippen molar-refractivity contribution in [3.8, 4) is 22.5 Å². The fraction of sp³-hybridized carbons (Fsp3) is 0.100. The van der Waals surface area contributed by atoms with Crippen LogP contribution >= 0.6 is 0 Å². The second-order valence-corrected chi connectivity index (χ2v) is 10.8. The molecule has 0 saturated carbocycles. The first-order valence-electron chi connectivity index (χ1n) is 15.1. The number of allylic oxidation sites excluding steroid dienone is 10. The van der Waals surface area contributed by atoms with Gasteiger partial charge in [-0.2, -0.15) is 0 Å². The summed E-state index contributed by atoms with van der Waals surface area (Å²) in [6.07, 6.45) is 27.9. The summed E-state index contributed by atoms with van der Waals surface area (Å²) in [5, 5.41) is 4.67. The maximum absolute atomic E-state index is 6.38. The van der Waals surface area contributed by atoms with Gasteiger partial charge in [0.1, 0.15) is 0 Å². The molecule has 2 heterocycles. The van der Waals surface area contributed by atoms with Crippen molar-refractivity contribution in [2.24, 2.45) is 11.5 Å². The Kier molecular flexibility index (Phi) is 8.89. The monoisotopic (exact) mass is 572 g/mol. The van der Waals surface area contributed by atoms with Crippen molar-refractivity contribution in [2.75, 3.05) is 0 Å². The zero-order valence-corrected chi connectivity index (χ0v) is 24.7. The molecule has 4 heteroatoms. The third-order valence-corrected chi connectivity index (χ3v) is 8.01. The minimum absolute atomic E-state index is 0.853. The molecule has 0 unspecified atom stereocenters. The van der Waals surface area contributed by atoms with Crippen LogP contribution in [0.1, 0.15) is 36.8 Å². The van der Waals surface area contributed by atoms with Crippen molar-refractivity contribution in [1.82, 2.24) is 9.97 Å². The highest BCUT2D eigenvalue weighted by atomic mass is 14.8. The van der Waals surface area contributed by atoms with E-state index >= 15 is 0 Å². The van der Waals surface area contributed by atoms with E-state index < -0.39 is 0 Å². The highest BCUT2D eigenvalue weighted by Crippen LogP contribution is 2.43. The van der Waals surface area contributed by atoms with Crippen LogP contribution in [0.2, 0.25) is 0 Å². The molecule has 6 rings (SSSR count). The number of hydrogen-bond acceptors (Lipinski definition) is 4. The van der Waals surface area contributed by atoms with Crippen LogP contribution in [0.3, 0.4) is 0 Å². The lowest BCUT2D eigenvalue weighted by Crippen LogP contribution is -1.97. The van der Waals surface area contributed by atoms with E-state index in [9.17, 15) is 0 Å². The van der Waals surface area contributed by atoms with Crippen molar-refractivity contribution >= 4 is 32.7 Å². The van der Waals surface area contributed by atoms with Gasteiger partial charge in [0.2, 0.25) is 0 Å². The maximum atomic E-state index is 6.38. The maximum Gasteiger partial charge on any atom is 0.0886 e. The number of unbranched alkanes of at least 4 members (excludes halogenated alkanes) is 1. The Labute approximate surface area is 259 Å². The molecule has 4 N–H and O–H groups in total. The van der Waals surface area contributed by atoms with Crippen molar-refractivity contribution in [3.05, 3.63) is 157 Å². The summed E-state index contributed by atoms with van der Waals surface area (Å²) in [6.45, 7) is 0. The molecule has 216 valence electrons. The van der Waals surface area contributed by atoms with E-state index in [4.69, 9.17) is 16.5 Å². The van der Waals surface area contributed by atoms with E-state index in [-0.39, 0.29) is 0 Å². The summed E-state index contributed by atoms with van der Waals surface area (Å²) in [7, 11) is 0. The van der Waals surface area contributed by atoms with Gasteiger partial charge < -0.3 is 11.5 Å². The van der Waals surface area contributed by atoms with E-state index in [1.807, 2.05) is 36.5 Å². The molecule has 0 atom stereocenters. The van der Waals surface area contributed by atoms with Crippen LogP contribution < -0.4 is 11.5 Å². The molecule has 1 aliphatic rings. The zero-order valence-electron chi connectivity index (χ0n) is 24.7. The summed E-state index contributed by atoms with van der Waals surface area (Å²) in [5.74, 6) is 0. The Morgan fingerprint density at radius 2 is 1.55 bits per heavy atom. The number of rotatable bonds is 9.